The monoisotopic (exact) mass is 549 g/mol. The molecule has 0 spiro atoms. The number of ether oxygens (including phenoxy) is 2. The lowest BCUT2D eigenvalue weighted by molar-refractivity contribution is 0.0332. The summed E-state index contributed by atoms with van der Waals surface area (Å²) in [6.45, 7) is 9.20. The Morgan fingerprint density at radius 1 is 1.32 bits per heavy atom. The lowest BCUT2D eigenvalue weighted by Gasteiger charge is -2.33. The standard InChI is InChI=1S/C24H29BrClN5O3/c1-14-18(16-13-33-11-10-17(16)28-23(32)34-24(2,3)4)20(25)31-19(14)21(29-22(26)30-31)27-12-15-8-6-5-7-9-15/h5-9,16-17H,10-13H2,1-4H3,(H,28,32)(H,27,29,30)/t16-,17-/m0/s1. The molecule has 0 aliphatic carbocycles. The summed E-state index contributed by atoms with van der Waals surface area (Å²) >= 11 is 10.0. The summed E-state index contributed by atoms with van der Waals surface area (Å²) < 4.78 is 13.8. The average Bonchev–Trinajstić information content (AvgIpc) is 3.02. The van der Waals surface area contributed by atoms with Crippen LogP contribution in [0, 0.1) is 6.92 Å². The van der Waals surface area contributed by atoms with Crippen LogP contribution in [0.2, 0.25) is 5.28 Å². The van der Waals surface area contributed by atoms with Crippen LogP contribution in [0.3, 0.4) is 0 Å². The molecule has 2 N–H and O–H groups in total. The van der Waals surface area contributed by atoms with E-state index in [9.17, 15) is 4.79 Å². The van der Waals surface area contributed by atoms with Crippen LogP contribution in [0.1, 0.15) is 49.8 Å². The van der Waals surface area contributed by atoms with Gasteiger partial charge in [0, 0.05) is 25.1 Å². The van der Waals surface area contributed by atoms with Gasteiger partial charge in [0.1, 0.15) is 15.7 Å². The molecule has 0 bridgehead atoms. The third kappa shape index (κ3) is 5.47. The van der Waals surface area contributed by atoms with Crippen molar-refractivity contribution in [1.29, 1.82) is 0 Å². The molecule has 1 aromatic carbocycles. The first kappa shape index (κ1) is 24.8. The summed E-state index contributed by atoms with van der Waals surface area (Å²) in [5.41, 5.74) is 3.37. The molecular formula is C24H29BrClN5O3. The van der Waals surface area contributed by atoms with E-state index in [-0.39, 0.29) is 17.2 Å². The van der Waals surface area contributed by atoms with Gasteiger partial charge in [-0.05, 0) is 78.3 Å². The van der Waals surface area contributed by atoms with Gasteiger partial charge in [-0.1, -0.05) is 30.3 Å². The molecule has 182 valence electrons. The van der Waals surface area contributed by atoms with Crippen molar-refractivity contribution in [3.8, 4) is 0 Å². The molecule has 10 heteroatoms. The Morgan fingerprint density at radius 3 is 2.76 bits per heavy atom. The highest BCUT2D eigenvalue weighted by Crippen LogP contribution is 2.39. The van der Waals surface area contributed by atoms with E-state index in [0.717, 1.165) is 26.8 Å². The number of hydrogen-bond acceptors (Lipinski definition) is 6. The number of benzene rings is 1. The molecule has 0 radical (unpaired) electrons. The van der Waals surface area contributed by atoms with E-state index < -0.39 is 11.7 Å². The minimum Gasteiger partial charge on any atom is -0.444 e. The van der Waals surface area contributed by atoms with Crippen LogP contribution in [-0.2, 0) is 16.0 Å². The normalized spacial score (nSPS) is 18.6. The third-order valence-electron chi connectivity index (χ3n) is 5.72. The van der Waals surface area contributed by atoms with Crippen LogP contribution < -0.4 is 10.6 Å². The zero-order valence-electron chi connectivity index (χ0n) is 19.7. The quantitative estimate of drug-likeness (QED) is 0.438. The van der Waals surface area contributed by atoms with Crippen LogP contribution in [-0.4, -0.2) is 45.5 Å². The molecule has 1 aliphatic rings. The highest BCUT2D eigenvalue weighted by atomic mass is 79.9. The molecule has 0 saturated carbocycles. The number of nitrogens with one attached hydrogen (secondary N) is 2. The molecule has 34 heavy (non-hydrogen) atoms. The molecule has 1 aliphatic heterocycles. The molecule has 1 fully saturated rings. The molecular weight excluding hydrogens is 522 g/mol. The predicted octanol–water partition coefficient (Wildman–Crippen LogP) is 5.46. The zero-order valence-corrected chi connectivity index (χ0v) is 22.0. The maximum absolute atomic E-state index is 12.5. The Morgan fingerprint density at radius 2 is 2.06 bits per heavy atom. The SMILES string of the molecule is Cc1c([C@H]2COCC[C@@H]2NC(=O)OC(C)(C)C)c(Br)n2nc(Cl)nc(NCc3ccccc3)c12. The average molecular weight is 551 g/mol. The van der Waals surface area contributed by atoms with E-state index >= 15 is 0 Å². The molecule has 0 unspecified atom stereocenters. The molecule has 1 saturated heterocycles. The Balaban J connectivity index is 1.68. The summed E-state index contributed by atoms with van der Waals surface area (Å²) in [7, 11) is 0. The van der Waals surface area contributed by atoms with E-state index in [4.69, 9.17) is 21.1 Å². The number of nitrogens with zero attached hydrogens (tertiary/aromatic N) is 3. The van der Waals surface area contributed by atoms with Crippen LogP contribution in [0.15, 0.2) is 34.9 Å². The van der Waals surface area contributed by atoms with Gasteiger partial charge in [0.25, 0.3) is 0 Å². The largest absolute Gasteiger partial charge is 0.444 e. The molecule has 1 amide bonds. The van der Waals surface area contributed by atoms with Crippen LogP contribution in [0.25, 0.3) is 5.52 Å². The first-order chi connectivity index (χ1) is 16.1. The van der Waals surface area contributed by atoms with Gasteiger partial charge < -0.3 is 20.1 Å². The Labute approximate surface area is 212 Å². The molecule has 4 rings (SSSR count). The van der Waals surface area contributed by atoms with Gasteiger partial charge in [0.2, 0.25) is 5.28 Å². The topological polar surface area (TPSA) is 89.8 Å². The third-order valence-corrected chi connectivity index (χ3v) is 6.65. The van der Waals surface area contributed by atoms with Crippen molar-refractivity contribution < 1.29 is 14.3 Å². The van der Waals surface area contributed by atoms with E-state index in [0.29, 0.717) is 32.0 Å². The van der Waals surface area contributed by atoms with Crippen molar-refractivity contribution >= 4 is 45.0 Å². The fourth-order valence-corrected chi connectivity index (χ4v) is 5.27. The number of aromatic nitrogens is 3. The van der Waals surface area contributed by atoms with Crippen molar-refractivity contribution in [3.63, 3.8) is 0 Å². The smallest absolute Gasteiger partial charge is 0.407 e. The summed E-state index contributed by atoms with van der Waals surface area (Å²) in [5, 5.41) is 11.0. The second-order valence-corrected chi connectivity index (χ2v) is 10.5. The summed E-state index contributed by atoms with van der Waals surface area (Å²) in [5.74, 6) is 0.541. The second-order valence-electron chi connectivity index (χ2n) is 9.38. The number of alkyl carbamates (subject to hydrolysis) is 1. The summed E-state index contributed by atoms with van der Waals surface area (Å²) in [4.78, 5) is 17.0. The number of fused-ring (bicyclic) bond motifs is 1. The molecule has 8 nitrogen and oxygen atoms in total. The van der Waals surface area contributed by atoms with Gasteiger partial charge in [-0.15, -0.1) is 5.10 Å². The van der Waals surface area contributed by atoms with Crippen LogP contribution >= 0.6 is 27.5 Å². The predicted molar refractivity (Wildman–Crippen MR) is 136 cm³/mol. The van der Waals surface area contributed by atoms with Crippen molar-refractivity contribution in [2.75, 3.05) is 18.5 Å². The Bertz CT molecular complexity index is 1180. The van der Waals surface area contributed by atoms with Crippen molar-refractivity contribution in [1.82, 2.24) is 19.9 Å². The number of rotatable bonds is 5. The van der Waals surface area contributed by atoms with Crippen molar-refractivity contribution in [3.05, 3.63) is 56.9 Å². The highest BCUT2D eigenvalue weighted by Gasteiger charge is 2.35. The fourth-order valence-electron chi connectivity index (χ4n) is 4.27. The first-order valence-electron chi connectivity index (χ1n) is 11.2. The van der Waals surface area contributed by atoms with Crippen LogP contribution in [0.5, 0.6) is 0 Å². The van der Waals surface area contributed by atoms with Gasteiger partial charge >= 0.3 is 6.09 Å². The van der Waals surface area contributed by atoms with Gasteiger partial charge in [-0.3, -0.25) is 0 Å². The van der Waals surface area contributed by atoms with E-state index in [1.807, 2.05) is 58.0 Å². The van der Waals surface area contributed by atoms with Gasteiger partial charge in [0.05, 0.1) is 6.61 Å². The number of amides is 1. The maximum Gasteiger partial charge on any atom is 0.407 e. The molecule has 3 heterocycles. The van der Waals surface area contributed by atoms with Gasteiger partial charge in [-0.25, -0.2) is 9.31 Å². The minimum atomic E-state index is -0.572. The first-order valence-corrected chi connectivity index (χ1v) is 12.4. The second kappa shape index (κ2) is 10.1. The van der Waals surface area contributed by atoms with Gasteiger partial charge in [0.15, 0.2) is 5.82 Å². The lowest BCUT2D eigenvalue weighted by atomic mass is 9.88. The maximum atomic E-state index is 12.5. The number of hydrogen-bond donors (Lipinski definition) is 2. The molecule has 3 aromatic rings. The Kier molecular flexibility index (Phi) is 7.35. The summed E-state index contributed by atoms with van der Waals surface area (Å²) in [6.07, 6.45) is 0.239. The molecule has 2 aromatic heterocycles. The van der Waals surface area contributed by atoms with Crippen LogP contribution in [0.4, 0.5) is 10.6 Å². The highest BCUT2D eigenvalue weighted by molar-refractivity contribution is 9.10. The van der Waals surface area contributed by atoms with E-state index in [2.05, 4.69) is 36.6 Å². The number of carbonyl (C=O) groups is 1. The number of anilines is 1. The number of aryl methyl sites for hydroxylation is 1. The van der Waals surface area contributed by atoms with E-state index in [1.54, 1.807) is 4.52 Å². The zero-order chi connectivity index (χ0) is 24.5. The minimum absolute atomic E-state index is 0.0990. The lowest BCUT2D eigenvalue weighted by Crippen LogP contribution is -2.46. The summed E-state index contributed by atoms with van der Waals surface area (Å²) in [6, 6.07) is 9.92. The van der Waals surface area contributed by atoms with Gasteiger partial charge in [-0.2, -0.15) is 4.98 Å². The fraction of sp³-hybridized carbons (Fsp3) is 0.458. The Hall–Kier alpha value is -2.36. The van der Waals surface area contributed by atoms with E-state index in [1.165, 1.54) is 0 Å². The number of carbonyl (C=O) groups excluding carboxylic acids is 1. The van der Waals surface area contributed by atoms with Crippen molar-refractivity contribution in [2.24, 2.45) is 0 Å². The number of halogens is 2. The molecule has 2 atom stereocenters. The van der Waals surface area contributed by atoms with Crippen molar-refractivity contribution in [2.45, 2.75) is 58.2 Å².